The van der Waals surface area contributed by atoms with E-state index in [-0.39, 0.29) is 11.9 Å². The van der Waals surface area contributed by atoms with Crippen molar-refractivity contribution in [2.45, 2.75) is 13.0 Å². The summed E-state index contributed by atoms with van der Waals surface area (Å²) in [7, 11) is 7.48. The summed E-state index contributed by atoms with van der Waals surface area (Å²) in [6.45, 7) is 2.40. The summed E-state index contributed by atoms with van der Waals surface area (Å²) in [5, 5.41) is 8.26. The molecule has 0 fully saturated rings. The first kappa shape index (κ1) is 18.8. The lowest BCUT2D eigenvalue weighted by molar-refractivity contribution is 0.0941. The maximum atomic E-state index is 12.6. The van der Waals surface area contributed by atoms with E-state index in [1.165, 1.54) is 0 Å². The number of aryl methyl sites for hydroxylation is 2. The van der Waals surface area contributed by atoms with Gasteiger partial charge in [-0.2, -0.15) is 5.10 Å². The SMILES string of the molecule is COc1ccc([C@H](CNC(=O)c2cnc3c(c2)c(C)nn3C)N(C)C)cc1. The molecule has 1 atom stereocenters. The van der Waals surface area contributed by atoms with Crippen molar-refractivity contribution in [3.63, 3.8) is 0 Å². The molecule has 7 heteroatoms. The van der Waals surface area contributed by atoms with Gasteiger partial charge in [0.1, 0.15) is 5.75 Å². The summed E-state index contributed by atoms with van der Waals surface area (Å²) in [5.74, 6) is 0.666. The number of fused-ring (bicyclic) bond motifs is 1. The van der Waals surface area contributed by atoms with Gasteiger partial charge in [-0.25, -0.2) is 4.98 Å². The van der Waals surface area contributed by atoms with E-state index in [1.54, 1.807) is 18.0 Å². The van der Waals surface area contributed by atoms with Gasteiger partial charge in [-0.05, 0) is 44.8 Å². The molecule has 1 amide bonds. The lowest BCUT2D eigenvalue weighted by atomic mass is 10.1. The first-order chi connectivity index (χ1) is 12.9. The van der Waals surface area contributed by atoms with Crippen molar-refractivity contribution in [3.8, 4) is 5.75 Å². The van der Waals surface area contributed by atoms with E-state index in [0.717, 1.165) is 28.0 Å². The minimum atomic E-state index is -0.145. The first-order valence-electron chi connectivity index (χ1n) is 8.78. The van der Waals surface area contributed by atoms with E-state index in [9.17, 15) is 4.79 Å². The van der Waals surface area contributed by atoms with Crippen LogP contribution in [-0.4, -0.2) is 53.3 Å². The van der Waals surface area contributed by atoms with Gasteiger partial charge in [-0.15, -0.1) is 0 Å². The number of likely N-dealkylation sites (N-methyl/N-ethyl adjacent to an activating group) is 1. The molecule has 0 saturated heterocycles. The van der Waals surface area contributed by atoms with Crippen LogP contribution in [0.3, 0.4) is 0 Å². The summed E-state index contributed by atoms with van der Waals surface area (Å²) in [5.41, 5.74) is 3.27. The van der Waals surface area contributed by atoms with Crippen LogP contribution in [0.25, 0.3) is 11.0 Å². The number of carbonyl (C=O) groups excluding carboxylic acids is 1. The van der Waals surface area contributed by atoms with Crippen molar-refractivity contribution in [2.75, 3.05) is 27.7 Å². The number of hydrogen-bond acceptors (Lipinski definition) is 5. The van der Waals surface area contributed by atoms with Gasteiger partial charge in [-0.1, -0.05) is 12.1 Å². The smallest absolute Gasteiger partial charge is 0.252 e. The lowest BCUT2D eigenvalue weighted by Gasteiger charge is -2.25. The van der Waals surface area contributed by atoms with Crippen molar-refractivity contribution >= 4 is 16.9 Å². The fourth-order valence-electron chi connectivity index (χ4n) is 3.15. The third kappa shape index (κ3) is 3.93. The fraction of sp³-hybridized carbons (Fsp3) is 0.350. The molecule has 0 saturated carbocycles. The number of hydrogen-bond donors (Lipinski definition) is 1. The van der Waals surface area contributed by atoms with Crippen molar-refractivity contribution < 1.29 is 9.53 Å². The van der Waals surface area contributed by atoms with Crippen LogP contribution in [0.2, 0.25) is 0 Å². The lowest BCUT2D eigenvalue weighted by Crippen LogP contribution is -2.34. The zero-order valence-electron chi connectivity index (χ0n) is 16.4. The summed E-state index contributed by atoms with van der Waals surface area (Å²) in [4.78, 5) is 19.1. The maximum absolute atomic E-state index is 12.6. The highest BCUT2D eigenvalue weighted by molar-refractivity contribution is 5.97. The Morgan fingerprint density at radius 1 is 1.30 bits per heavy atom. The Kier molecular flexibility index (Phi) is 5.41. The molecule has 0 aliphatic carbocycles. The molecule has 2 heterocycles. The monoisotopic (exact) mass is 367 g/mol. The second-order valence-electron chi connectivity index (χ2n) is 6.77. The maximum Gasteiger partial charge on any atom is 0.252 e. The number of methoxy groups -OCH3 is 1. The van der Waals surface area contributed by atoms with Crippen molar-refractivity contribution in [3.05, 3.63) is 53.3 Å². The summed E-state index contributed by atoms with van der Waals surface area (Å²) >= 11 is 0. The molecule has 0 radical (unpaired) electrons. The van der Waals surface area contributed by atoms with Gasteiger partial charge in [0.25, 0.3) is 5.91 Å². The van der Waals surface area contributed by atoms with E-state index in [4.69, 9.17) is 4.74 Å². The Bertz CT molecular complexity index is 947. The van der Waals surface area contributed by atoms with Crippen LogP contribution in [0.5, 0.6) is 5.75 Å². The average Bonchev–Trinajstić information content (AvgIpc) is 2.95. The largest absolute Gasteiger partial charge is 0.497 e. The van der Waals surface area contributed by atoms with Gasteiger partial charge in [0.2, 0.25) is 0 Å². The normalized spacial score (nSPS) is 12.4. The zero-order chi connectivity index (χ0) is 19.6. The van der Waals surface area contributed by atoms with Crippen LogP contribution in [0.4, 0.5) is 0 Å². The predicted octanol–water partition coefficient (Wildman–Crippen LogP) is 2.32. The third-order valence-corrected chi connectivity index (χ3v) is 4.71. The van der Waals surface area contributed by atoms with E-state index in [1.807, 2.05) is 58.4 Å². The van der Waals surface area contributed by atoms with Crippen LogP contribution in [0, 0.1) is 6.92 Å². The van der Waals surface area contributed by atoms with Crippen molar-refractivity contribution in [1.29, 1.82) is 0 Å². The van der Waals surface area contributed by atoms with Crippen LogP contribution < -0.4 is 10.1 Å². The molecular formula is C20H25N5O2. The molecule has 27 heavy (non-hydrogen) atoms. The number of rotatable bonds is 6. The zero-order valence-corrected chi connectivity index (χ0v) is 16.4. The molecule has 0 spiro atoms. The number of carbonyl (C=O) groups is 1. The number of amides is 1. The molecule has 0 bridgehead atoms. The number of aromatic nitrogens is 3. The van der Waals surface area contributed by atoms with Crippen molar-refractivity contribution in [1.82, 2.24) is 25.0 Å². The average molecular weight is 367 g/mol. The van der Waals surface area contributed by atoms with Crippen LogP contribution in [-0.2, 0) is 7.05 Å². The Hall–Kier alpha value is -2.93. The van der Waals surface area contributed by atoms with Gasteiger partial charge in [0, 0.05) is 25.2 Å². The van der Waals surface area contributed by atoms with Crippen LogP contribution in [0.15, 0.2) is 36.5 Å². The van der Waals surface area contributed by atoms with Gasteiger partial charge in [0.05, 0.1) is 24.4 Å². The Morgan fingerprint density at radius 3 is 2.63 bits per heavy atom. The molecule has 1 N–H and O–H groups in total. The highest BCUT2D eigenvalue weighted by atomic mass is 16.5. The molecule has 0 aliphatic rings. The molecule has 0 aliphatic heterocycles. The minimum Gasteiger partial charge on any atom is -0.497 e. The molecule has 3 aromatic rings. The third-order valence-electron chi connectivity index (χ3n) is 4.71. The molecule has 2 aromatic heterocycles. The molecule has 3 rings (SSSR count). The second kappa shape index (κ2) is 7.75. The van der Waals surface area contributed by atoms with Gasteiger partial charge in [-0.3, -0.25) is 9.48 Å². The Balaban J connectivity index is 1.75. The van der Waals surface area contributed by atoms with E-state index in [2.05, 4.69) is 20.3 Å². The van der Waals surface area contributed by atoms with Gasteiger partial charge in [0.15, 0.2) is 5.65 Å². The topological polar surface area (TPSA) is 72.3 Å². The van der Waals surface area contributed by atoms with Crippen LogP contribution in [0.1, 0.15) is 27.7 Å². The van der Waals surface area contributed by atoms with Gasteiger partial charge >= 0.3 is 0 Å². The van der Waals surface area contributed by atoms with E-state index < -0.39 is 0 Å². The second-order valence-corrected chi connectivity index (χ2v) is 6.77. The minimum absolute atomic E-state index is 0.0525. The molecule has 1 aromatic carbocycles. The summed E-state index contributed by atoms with van der Waals surface area (Å²) < 4.78 is 6.94. The standard InChI is InChI=1S/C20H25N5O2/c1-13-17-10-15(11-21-19(17)25(4)23-13)20(26)22-12-18(24(2)3)14-6-8-16(27-5)9-7-14/h6-11,18H,12H2,1-5H3,(H,22,26)/t18-/m0/s1. The first-order valence-corrected chi connectivity index (χ1v) is 8.78. The van der Waals surface area contributed by atoms with Gasteiger partial charge < -0.3 is 15.0 Å². The van der Waals surface area contributed by atoms with Crippen LogP contribution >= 0.6 is 0 Å². The summed E-state index contributed by atoms with van der Waals surface area (Å²) in [6, 6.07) is 9.78. The number of ether oxygens (including phenoxy) is 1. The molecular weight excluding hydrogens is 342 g/mol. The molecule has 142 valence electrons. The number of nitrogens with zero attached hydrogens (tertiary/aromatic N) is 4. The molecule has 0 unspecified atom stereocenters. The number of pyridine rings is 1. The quantitative estimate of drug-likeness (QED) is 0.724. The van der Waals surface area contributed by atoms with E-state index in [0.29, 0.717) is 12.1 Å². The number of nitrogens with one attached hydrogen (secondary N) is 1. The van der Waals surface area contributed by atoms with Crippen molar-refractivity contribution in [2.24, 2.45) is 7.05 Å². The highest BCUT2D eigenvalue weighted by Crippen LogP contribution is 2.21. The Labute approximate surface area is 159 Å². The van der Waals surface area contributed by atoms with E-state index >= 15 is 0 Å². The number of benzene rings is 1. The fourth-order valence-corrected chi connectivity index (χ4v) is 3.15. The molecule has 7 nitrogen and oxygen atoms in total. The Morgan fingerprint density at radius 2 is 2.00 bits per heavy atom. The highest BCUT2D eigenvalue weighted by Gasteiger charge is 2.17. The predicted molar refractivity (Wildman–Crippen MR) is 105 cm³/mol. The summed E-state index contributed by atoms with van der Waals surface area (Å²) in [6.07, 6.45) is 1.59.